The van der Waals surface area contributed by atoms with Crippen LogP contribution >= 0.6 is 12.2 Å². The van der Waals surface area contributed by atoms with Gasteiger partial charge in [0.1, 0.15) is 0 Å². The predicted octanol–water partition coefficient (Wildman–Crippen LogP) is 5.88. The highest BCUT2D eigenvalue weighted by molar-refractivity contribution is 7.80. The van der Waals surface area contributed by atoms with Gasteiger partial charge in [-0.05, 0) is 64.8 Å². The number of hydrogen-bond donors (Lipinski definition) is 3. The van der Waals surface area contributed by atoms with Crippen molar-refractivity contribution in [3.63, 3.8) is 0 Å². The van der Waals surface area contributed by atoms with Gasteiger partial charge in [-0.3, -0.25) is 34.9 Å². The number of hydrogen-bond acceptors (Lipinski definition) is 8. The number of carbonyl (C=O) groups is 2. The molecule has 1 spiro atoms. The van der Waals surface area contributed by atoms with E-state index >= 15 is 0 Å². The Morgan fingerprint density at radius 1 is 0.708 bits per heavy atom. The maximum absolute atomic E-state index is 14.7. The van der Waals surface area contributed by atoms with Crippen LogP contribution in [0.15, 0.2) is 109 Å². The molecule has 5 aromatic rings. The van der Waals surface area contributed by atoms with Gasteiger partial charge in [-0.25, -0.2) is 0 Å². The molecule has 1 aliphatic heterocycles. The number of fused-ring (bicyclic) bond motifs is 1. The van der Waals surface area contributed by atoms with Crippen molar-refractivity contribution in [3.05, 3.63) is 157 Å². The molecule has 48 heavy (non-hydrogen) atoms. The Morgan fingerprint density at radius 3 is 1.73 bits per heavy atom. The molecule has 2 aliphatic rings. The quantitative estimate of drug-likeness (QED) is 0.0879. The Bertz CT molecular complexity index is 2130. The molecule has 1 saturated heterocycles. The minimum atomic E-state index is -1.87. The summed E-state index contributed by atoms with van der Waals surface area (Å²) >= 11 is 5.28. The van der Waals surface area contributed by atoms with Crippen LogP contribution in [0, 0.1) is 25.6 Å². The summed E-state index contributed by atoms with van der Waals surface area (Å²) in [6.07, 6.45) is 1.77. The minimum Gasteiger partial charge on any atom is -0.302 e. The molecule has 236 valence electrons. The lowest BCUT2D eigenvalue weighted by Gasteiger charge is -2.49. The molecule has 2 amide bonds. The van der Waals surface area contributed by atoms with Crippen LogP contribution in [-0.2, 0) is 9.59 Å². The summed E-state index contributed by atoms with van der Waals surface area (Å²) in [5.41, 5.74) is 2.29. The molecular formula is C35H24N6O6S. The molecule has 1 aromatic heterocycles. The monoisotopic (exact) mass is 656 g/mol. The van der Waals surface area contributed by atoms with Gasteiger partial charge in [0.25, 0.3) is 11.4 Å². The van der Waals surface area contributed by atoms with Crippen molar-refractivity contribution in [1.29, 1.82) is 0 Å². The molecule has 4 aromatic carbocycles. The van der Waals surface area contributed by atoms with Crippen LogP contribution in [0.3, 0.4) is 0 Å². The molecule has 7 rings (SSSR count). The smallest absolute Gasteiger partial charge is 0.269 e. The summed E-state index contributed by atoms with van der Waals surface area (Å²) in [5.74, 6) is -3.09. The number of carbonyl (C=O) groups excluding carboxylic acids is 2. The van der Waals surface area contributed by atoms with Crippen molar-refractivity contribution in [2.75, 3.05) is 0 Å². The van der Waals surface area contributed by atoms with Crippen LogP contribution < -0.4 is 10.6 Å². The van der Waals surface area contributed by atoms with Gasteiger partial charge < -0.3 is 10.6 Å². The lowest BCUT2D eigenvalue weighted by molar-refractivity contribution is -0.385. The van der Waals surface area contributed by atoms with Gasteiger partial charge in [0.15, 0.2) is 10.5 Å². The first-order valence-electron chi connectivity index (χ1n) is 14.8. The highest BCUT2D eigenvalue weighted by atomic mass is 32.1. The van der Waals surface area contributed by atoms with Gasteiger partial charge in [0, 0.05) is 47.2 Å². The van der Waals surface area contributed by atoms with E-state index in [9.17, 15) is 29.8 Å². The molecule has 0 saturated carbocycles. The second-order valence-electron chi connectivity index (χ2n) is 11.4. The fourth-order valence-electron chi connectivity index (χ4n) is 6.86. The standard InChI is InChI=1S/C35H24N6O6S/c42-32-35(33(43)37-34(48)36-32)28(21-7-3-1-4-8-21)26(19-20-11-15-24(16-12-20)40(44)45)31-27(29(35)22-9-5-2-6-10-22)30(38-39-31)23-13-17-25(18-14-23)41(46)47/h1-19,28-29H,(H,38,39)(H2,36,37,42,43,48)/b26-19-. The van der Waals surface area contributed by atoms with Gasteiger partial charge in [0.05, 0.1) is 21.2 Å². The molecule has 2 atom stereocenters. The van der Waals surface area contributed by atoms with E-state index < -0.39 is 38.9 Å². The third-order valence-corrected chi connectivity index (χ3v) is 9.06. The number of thiocarbonyl (C=S) groups is 1. The van der Waals surface area contributed by atoms with Gasteiger partial charge >= 0.3 is 0 Å². The van der Waals surface area contributed by atoms with E-state index in [0.29, 0.717) is 44.8 Å². The van der Waals surface area contributed by atoms with E-state index in [1.807, 2.05) is 60.7 Å². The van der Waals surface area contributed by atoms with Crippen LogP contribution in [0.5, 0.6) is 0 Å². The number of benzene rings is 4. The van der Waals surface area contributed by atoms with Crippen LogP contribution in [-0.4, -0.2) is 37.0 Å². The molecule has 0 radical (unpaired) electrons. The van der Waals surface area contributed by atoms with Crippen molar-refractivity contribution in [2.24, 2.45) is 5.41 Å². The number of rotatable bonds is 6. The number of nitro groups is 2. The molecule has 13 heteroatoms. The number of amides is 2. The molecule has 1 fully saturated rings. The van der Waals surface area contributed by atoms with E-state index in [1.54, 1.807) is 30.3 Å². The number of allylic oxidation sites excluding steroid dienone is 1. The fraction of sp³-hybridized carbons (Fsp3) is 0.0857. The molecule has 3 N–H and O–H groups in total. The van der Waals surface area contributed by atoms with Gasteiger partial charge in [-0.15, -0.1) is 0 Å². The van der Waals surface area contributed by atoms with E-state index in [1.165, 1.54) is 24.3 Å². The van der Waals surface area contributed by atoms with Gasteiger partial charge in [-0.2, -0.15) is 5.10 Å². The van der Waals surface area contributed by atoms with Gasteiger partial charge in [-0.1, -0.05) is 60.7 Å². The van der Waals surface area contributed by atoms with Gasteiger partial charge in [0.2, 0.25) is 11.8 Å². The summed E-state index contributed by atoms with van der Waals surface area (Å²) in [5, 5.41) is 36.1. The second kappa shape index (κ2) is 11.8. The maximum atomic E-state index is 14.7. The van der Waals surface area contributed by atoms with E-state index in [4.69, 9.17) is 17.3 Å². The molecule has 2 heterocycles. The Labute approximate surface area is 277 Å². The molecular weight excluding hydrogens is 632 g/mol. The Balaban J connectivity index is 1.60. The number of nitrogens with zero attached hydrogens (tertiary/aromatic N) is 3. The highest BCUT2D eigenvalue weighted by Gasteiger charge is 2.65. The number of nitro benzene ring substituents is 2. The average molecular weight is 657 g/mol. The molecule has 1 aliphatic carbocycles. The largest absolute Gasteiger partial charge is 0.302 e. The number of aromatic amines is 1. The van der Waals surface area contributed by atoms with Crippen LogP contribution in [0.4, 0.5) is 11.4 Å². The average Bonchev–Trinajstić information content (AvgIpc) is 3.53. The number of aromatic nitrogens is 2. The second-order valence-corrected chi connectivity index (χ2v) is 11.8. The van der Waals surface area contributed by atoms with E-state index in [2.05, 4.69) is 15.7 Å². The first kappa shape index (κ1) is 30.3. The number of nitrogens with one attached hydrogen (secondary N) is 3. The lowest BCUT2D eigenvalue weighted by atomic mass is 9.52. The lowest BCUT2D eigenvalue weighted by Crippen LogP contribution is -2.67. The highest BCUT2D eigenvalue weighted by Crippen LogP contribution is 2.62. The Kier molecular flexibility index (Phi) is 7.45. The van der Waals surface area contributed by atoms with Crippen molar-refractivity contribution in [3.8, 4) is 11.3 Å². The zero-order chi connectivity index (χ0) is 33.6. The molecule has 12 nitrogen and oxygen atoms in total. The summed E-state index contributed by atoms with van der Waals surface area (Å²) in [6, 6.07) is 30.1. The third-order valence-electron chi connectivity index (χ3n) is 8.85. The number of non-ortho nitro benzene ring substituents is 2. The predicted molar refractivity (Wildman–Crippen MR) is 180 cm³/mol. The van der Waals surface area contributed by atoms with Crippen LogP contribution in [0.2, 0.25) is 0 Å². The third kappa shape index (κ3) is 4.84. The van der Waals surface area contributed by atoms with Crippen molar-refractivity contribution in [1.82, 2.24) is 20.8 Å². The minimum absolute atomic E-state index is 0.0959. The van der Waals surface area contributed by atoms with Crippen molar-refractivity contribution < 1.29 is 19.4 Å². The number of H-pyrrole nitrogens is 1. The molecule has 0 bridgehead atoms. The summed E-state index contributed by atoms with van der Waals surface area (Å²) in [4.78, 5) is 51.3. The zero-order valence-corrected chi connectivity index (χ0v) is 25.6. The van der Waals surface area contributed by atoms with Crippen LogP contribution in [0.25, 0.3) is 22.9 Å². The normalized spacial score (nSPS) is 19.0. The zero-order valence-electron chi connectivity index (χ0n) is 24.8. The first-order chi connectivity index (χ1) is 23.2. The summed E-state index contributed by atoms with van der Waals surface area (Å²) in [6.45, 7) is 0. The Hall–Kier alpha value is -6.34. The van der Waals surface area contributed by atoms with E-state index in [0.717, 1.165) is 0 Å². The Morgan fingerprint density at radius 2 is 1.21 bits per heavy atom. The van der Waals surface area contributed by atoms with Crippen LogP contribution in [0.1, 0.15) is 39.8 Å². The van der Waals surface area contributed by atoms with Crippen molar-refractivity contribution in [2.45, 2.75) is 11.8 Å². The van der Waals surface area contributed by atoms with E-state index in [-0.39, 0.29) is 16.5 Å². The molecule has 2 unspecified atom stereocenters. The topological polar surface area (TPSA) is 173 Å². The SMILES string of the molecule is O=C1NC(=S)NC(=O)C12C(c1ccccc1)/C(=C/c1ccc([N+](=O)[O-])cc1)c1n[nH]c(-c3ccc([N+](=O)[O-])cc3)c1C2c1ccccc1. The van der Waals surface area contributed by atoms with Crippen molar-refractivity contribution >= 4 is 52.2 Å². The summed E-state index contributed by atoms with van der Waals surface area (Å²) in [7, 11) is 0. The maximum Gasteiger partial charge on any atom is 0.269 e. The summed E-state index contributed by atoms with van der Waals surface area (Å²) < 4.78 is 0. The fourth-order valence-corrected chi connectivity index (χ4v) is 7.04. The first-order valence-corrected chi connectivity index (χ1v) is 15.2.